The number of amides is 1. The van der Waals surface area contributed by atoms with Crippen molar-refractivity contribution in [1.29, 1.82) is 0 Å². The van der Waals surface area contributed by atoms with E-state index in [-0.39, 0.29) is 11.6 Å². The maximum atomic E-state index is 12.4. The van der Waals surface area contributed by atoms with Gasteiger partial charge in [-0.05, 0) is 46.8 Å². The Labute approximate surface area is 155 Å². The number of pyridine rings is 1. The minimum atomic E-state index is -0.615. The number of nitrogens with one attached hydrogen (secondary N) is 1. The molecule has 0 aromatic carbocycles. The van der Waals surface area contributed by atoms with Gasteiger partial charge in [0, 0.05) is 19.2 Å². The molecule has 0 saturated heterocycles. The van der Waals surface area contributed by atoms with E-state index in [1.807, 2.05) is 26.0 Å². The zero-order chi connectivity index (χ0) is 19.9. The molecule has 26 heavy (non-hydrogen) atoms. The van der Waals surface area contributed by atoms with Gasteiger partial charge in [0.15, 0.2) is 0 Å². The van der Waals surface area contributed by atoms with Crippen LogP contribution in [0.5, 0.6) is 0 Å². The lowest BCUT2D eigenvalue weighted by Gasteiger charge is -2.20. The van der Waals surface area contributed by atoms with Crippen LogP contribution in [0, 0.1) is 0 Å². The molecule has 0 aliphatic heterocycles. The maximum absolute atomic E-state index is 12.4. The SMILES string of the molecule is C=C/C(C)=C\C=C(/C)Cc1cc(C(=O)OC(C)(C)C)cc(C(=O)NC)n1. The molecule has 0 spiro atoms. The topological polar surface area (TPSA) is 68.3 Å². The summed E-state index contributed by atoms with van der Waals surface area (Å²) >= 11 is 0. The van der Waals surface area contributed by atoms with Crippen LogP contribution in [0.1, 0.15) is 61.2 Å². The van der Waals surface area contributed by atoms with E-state index in [1.165, 1.54) is 13.1 Å². The number of rotatable bonds is 6. The number of carbonyl (C=O) groups excluding carboxylic acids is 2. The van der Waals surface area contributed by atoms with Crippen molar-refractivity contribution in [2.75, 3.05) is 7.05 Å². The molecule has 5 nitrogen and oxygen atoms in total. The van der Waals surface area contributed by atoms with Crippen molar-refractivity contribution in [3.63, 3.8) is 0 Å². The Morgan fingerprint density at radius 2 is 1.88 bits per heavy atom. The molecule has 1 aromatic rings. The van der Waals surface area contributed by atoms with Crippen LogP contribution in [0.25, 0.3) is 0 Å². The molecule has 0 aliphatic carbocycles. The lowest BCUT2D eigenvalue weighted by Crippen LogP contribution is -2.25. The van der Waals surface area contributed by atoms with Gasteiger partial charge in [-0.3, -0.25) is 4.79 Å². The highest BCUT2D eigenvalue weighted by atomic mass is 16.6. The van der Waals surface area contributed by atoms with Crippen molar-refractivity contribution >= 4 is 11.9 Å². The summed E-state index contributed by atoms with van der Waals surface area (Å²) in [6.45, 7) is 13.0. The number of hydrogen-bond acceptors (Lipinski definition) is 4. The fourth-order valence-electron chi connectivity index (χ4n) is 2.06. The third-order valence-electron chi connectivity index (χ3n) is 3.39. The van der Waals surface area contributed by atoms with Gasteiger partial charge >= 0.3 is 5.97 Å². The Morgan fingerprint density at radius 3 is 2.42 bits per heavy atom. The van der Waals surface area contributed by atoms with Crippen molar-refractivity contribution < 1.29 is 14.3 Å². The highest BCUT2D eigenvalue weighted by molar-refractivity contribution is 5.96. The zero-order valence-electron chi connectivity index (χ0n) is 16.5. The third-order valence-corrected chi connectivity index (χ3v) is 3.39. The Balaban J connectivity index is 3.22. The second kappa shape index (κ2) is 9.13. The summed E-state index contributed by atoms with van der Waals surface area (Å²) in [7, 11) is 1.53. The first-order valence-electron chi connectivity index (χ1n) is 8.48. The number of ether oxygens (including phenoxy) is 1. The minimum Gasteiger partial charge on any atom is -0.456 e. The van der Waals surface area contributed by atoms with Crippen molar-refractivity contribution in [1.82, 2.24) is 10.3 Å². The van der Waals surface area contributed by atoms with Crippen LogP contribution >= 0.6 is 0 Å². The highest BCUT2D eigenvalue weighted by Gasteiger charge is 2.20. The van der Waals surface area contributed by atoms with Gasteiger partial charge in [-0.1, -0.05) is 36.0 Å². The zero-order valence-corrected chi connectivity index (χ0v) is 16.5. The number of hydrogen-bond donors (Lipinski definition) is 1. The standard InChI is InChI=1S/C21H28N2O3/c1-8-14(2)9-10-15(3)11-17-12-16(20(25)26-21(4,5)6)13-18(23-17)19(24)22-7/h8-10,12-13H,1,11H2,2-7H3,(H,22,24)/b14-9-,15-10+. The van der Waals surface area contributed by atoms with Gasteiger partial charge in [-0.2, -0.15) is 0 Å². The molecule has 0 aliphatic rings. The Bertz CT molecular complexity index is 753. The van der Waals surface area contributed by atoms with Crippen LogP contribution < -0.4 is 5.32 Å². The van der Waals surface area contributed by atoms with Crippen LogP contribution in [0.15, 0.2) is 48.1 Å². The van der Waals surface area contributed by atoms with E-state index >= 15 is 0 Å². The normalized spacial score (nSPS) is 12.5. The van der Waals surface area contributed by atoms with Crippen LogP contribution in [-0.2, 0) is 11.2 Å². The van der Waals surface area contributed by atoms with Crippen LogP contribution in [0.4, 0.5) is 0 Å². The summed E-state index contributed by atoms with van der Waals surface area (Å²) in [5.74, 6) is -0.823. The molecule has 0 saturated carbocycles. The molecule has 140 valence electrons. The van der Waals surface area contributed by atoms with E-state index < -0.39 is 11.6 Å². The van der Waals surface area contributed by atoms with Gasteiger partial charge in [-0.25, -0.2) is 9.78 Å². The second-order valence-electron chi connectivity index (χ2n) is 7.12. The fraction of sp³-hybridized carbons (Fsp3) is 0.381. The van der Waals surface area contributed by atoms with Crippen molar-refractivity contribution in [3.05, 3.63) is 65.0 Å². The average molecular weight is 356 g/mol. The smallest absolute Gasteiger partial charge is 0.338 e. The third kappa shape index (κ3) is 7.05. The largest absolute Gasteiger partial charge is 0.456 e. The summed E-state index contributed by atoms with van der Waals surface area (Å²) in [6, 6.07) is 3.12. The molecular weight excluding hydrogens is 328 g/mol. The fourth-order valence-corrected chi connectivity index (χ4v) is 2.06. The molecular formula is C21H28N2O3. The van der Waals surface area contributed by atoms with Gasteiger partial charge in [0.2, 0.25) is 0 Å². The lowest BCUT2D eigenvalue weighted by molar-refractivity contribution is 0.00692. The van der Waals surface area contributed by atoms with Crippen LogP contribution in [0.3, 0.4) is 0 Å². The molecule has 0 unspecified atom stereocenters. The first kappa shape index (κ1) is 21.4. The monoisotopic (exact) mass is 356 g/mol. The first-order valence-corrected chi connectivity index (χ1v) is 8.48. The molecule has 0 atom stereocenters. The Morgan fingerprint density at radius 1 is 1.23 bits per heavy atom. The van der Waals surface area contributed by atoms with Crippen molar-refractivity contribution in [3.8, 4) is 0 Å². The minimum absolute atomic E-state index is 0.191. The summed E-state index contributed by atoms with van der Waals surface area (Å²) in [6.07, 6.45) is 6.22. The molecule has 0 bridgehead atoms. The first-order chi connectivity index (χ1) is 12.1. The molecule has 1 aromatic heterocycles. The maximum Gasteiger partial charge on any atom is 0.338 e. The molecule has 1 N–H and O–H groups in total. The van der Waals surface area contributed by atoms with Crippen molar-refractivity contribution in [2.45, 2.75) is 46.6 Å². The predicted octanol–water partition coefficient (Wildman–Crippen LogP) is 4.02. The number of nitrogens with zero attached hydrogens (tertiary/aromatic N) is 1. The molecule has 0 radical (unpaired) electrons. The van der Waals surface area contributed by atoms with E-state index in [4.69, 9.17) is 4.74 Å². The van der Waals surface area contributed by atoms with E-state index in [2.05, 4.69) is 16.9 Å². The van der Waals surface area contributed by atoms with Crippen LogP contribution in [0.2, 0.25) is 0 Å². The lowest BCUT2D eigenvalue weighted by atomic mass is 10.1. The Kier molecular flexibility index (Phi) is 7.50. The molecule has 5 heteroatoms. The highest BCUT2D eigenvalue weighted by Crippen LogP contribution is 2.16. The molecule has 1 amide bonds. The molecule has 1 heterocycles. The average Bonchev–Trinajstić information content (AvgIpc) is 2.57. The van der Waals surface area contributed by atoms with Gasteiger partial charge in [0.1, 0.15) is 11.3 Å². The summed E-state index contributed by atoms with van der Waals surface area (Å²) < 4.78 is 5.41. The summed E-state index contributed by atoms with van der Waals surface area (Å²) in [4.78, 5) is 28.8. The van der Waals surface area contributed by atoms with Gasteiger partial charge in [0.25, 0.3) is 5.91 Å². The molecule has 1 rings (SSSR count). The summed E-state index contributed by atoms with van der Waals surface area (Å²) in [5, 5.41) is 2.54. The second-order valence-corrected chi connectivity index (χ2v) is 7.12. The quantitative estimate of drug-likeness (QED) is 0.617. The molecule has 0 fully saturated rings. The summed E-state index contributed by atoms with van der Waals surface area (Å²) in [5.41, 5.74) is 2.61. The van der Waals surface area contributed by atoms with Gasteiger partial charge < -0.3 is 10.1 Å². The number of esters is 1. The number of allylic oxidation sites excluding steroid dienone is 5. The van der Waals surface area contributed by atoms with Gasteiger partial charge in [-0.15, -0.1) is 0 Å². The van der Waals surface area contributed by atoms with Crippen molar-refractivity contribution in [2.24, 2.45) is 0 Å². The predicted molar refractivity (Wildman–Crippen MR) is 104 cm³/mol. The van der Waals surface area contributed by atoms with E-state index in [1.54, 1.807) is 32.9 Å². The number of aromatic nitrogens is 1. The van der Waals surface area contributed by atoms with E-state index in [9.17, 15) is 9.59 Å². The van der Waals surface area contributed by atoms with Crippen LogP contribution in [-0.4, -0.2) is 29.5 Å². The van der Waals surface area contributed by atoms with Gasteiger partial charge in [0.05, 0.1) is 5.56 Å². The van der Waals surface area contributed by atoms with E-state index in [0.717, 1.165) is 11.1 Å². The number of carbonyl (C=O) groups is 2. The van der Waals surface area contributed by atoms with E-state index in [0.29, 0.717) is 17.7 Å². The Hall–Kier alpha value is -2.69.